The zero-order valence-corrected chi connectivity index (χ0v) is 14.3. The van der Waals surface area contributed by atoms with Gasteiger partial charge in [-0.2, -0.15) is 5.10 Å². The lowest BCUT2D eigenvalue weighted by Gasteiger charge is -2.13. The Bertz CT molecular complexity index is 546. The predicted octanol–water partition coefficient (Wildman–Crippen LogP) is 3.06. The van der Waals surface area contributed by atoms with Crippen LogP contribution in [0.25, 0.3) is 0 Å². The first-order chi connectivity index (χ1) is 9.70. The summed E-state index contributed by atoms with van der Waals surface area (Å²) in [5, 5.41) is 10.1. The largest absolute Gasteiger partial charge is 0.492 e. The number of hydrogen-bond donors (Lipinski definition) is 2. The molecule has 0 saturated carbocycles. The normalized spacial score (nSPS) is 10.8. The molecule has 5 nitrogen and oxygen atoms in total. The molecule has 7 heteroatoms. The average Bonchev–Trinajstić information content (AvgIpc) is 2.91. The van der Waals surface area contributed by atoms with E-state index in [1.807, 2.05) is 13.0 Å². The minimum absolute atomic E-state index is 0.644. The van der Waals surface area contributed by atoms with Gasteiger partial charge in [-0.25, -0.2) is 4.98 Å². The Morgan fingerprint density at radius 3 is 2.90 bits per heavy atom. The van der Waals surface area contributed by atoms with Crippen molar-refractivity contribution in [2.45, 2.75) is 19.9 Å². The number of nitrogens with one attached hydrogen (secondary N) is 2. The molecule has 0 fully saturated rings. The van der Waals surface area contributed by atoms with Crippen LogP contribution in [-0.4, -0.2) is 28.3 Å². The van der Waals surface area contributed by atoms with Crippen LogP contribution in [0.15, 0.2) is 27.4 Å². The molecule has 0 aliphatic carbocycles. The van der Waals surface area contributed by atoms with Crippen LogP contribution in [0.4, 0.5) is 0 Å². The second-order valence-electron chi connectivity index (χ2n) is 4.17. The van der Waals surface area contributed by atoms with E-state index in [4.69, 9.17) is 4.74 Å². The summed E-state index contributed by atoms with van der Waals surface area (Å²) in [5.41, 5.74) is 1.12. The molecule has 0 bridgehead atoms. The summed E-state index contributed by atoms with van der Waals surface area (Å²) < 4.78 is 7.68. The standard InChI is InChI=1S/C13H16Br2N4O/c1-2-20-13-9(5-10(14)6-11(13)15)7-16-4-3-12-17-8-18-19-12/h5-6,8,16H,2-4,7H2,1H3,(H,17,18,19). The van der Waals surface area contributed by atoms with E-state index >= 15 is 0 Å². The predicted molar refractivity (Wildman–Crippen MR) is 84.8 cm³/mol. The van der Waals surface area contributed by atoms with E-state index in [1.54, 1.807) is 0 Å². The van der Waals surface area contributed by atoms with Gasteiger partial charge in [-0.05, 0) is 35.0 Å². The molecule has 108 valence electrons. The molecule has 1 heterocycles. The lowest BCUT2D eigenvalue weighted by atomic mass is 10.2. The highest BCUT2D eigenvalue weighted by atomic mass is 79.9. The molecular weight excluding hydrogens is 388 g/mol. The third-order valence-corrected chi connectivity index (χ3v) is 3.74. The van der Waals surface area contributed by atoms with Crippen LogP contribution in [0.5, 0.6) is 5.75 Å². The Balaban J connectivity index is 1.94. The van der Waals surface area contributed by atoms with Crippen LogP contribution >= 0.6 is 31.9 Å². The number of aromatic amines is 1. The highest BCUT2D eigenvalue weighted by Crippen LogP contribution is 2.32. The monoisotopic (exact) mass is 402 g/mol. The first-order valence-electron chi connectivity index (χ1n) is 6.36. The van der Waals surface area contributed by atoms with Crippen molar-refractivity contribution < 1.29 is 4.74 Å². The second kappa shape index (κ2) is 7.75. The third-order valence-electron chi connectivity index (χ3n) is 2.69. The molecule has 1 aromatic carbocycles. The van der Waals surface area contributed by atoms with Crippen LogP contribution in [0.3, 0.4) is 0 Å². The maximum absolute atomic E-state index is 5.69. The molecule has 2 rings (SSSR count). The minimum Gasteiger partial charge on any atom is -0.492 e. The van der Waals surface area contributed by atoms with Crippen molar-refractivity contribution in [1.29, 1.82) is 0 Å². The van der Waals surface area contributed by atoms with Crippen LogP contribution in [0, 0.1) is 0 Å². The molecule has 0 radical (unpaired) electrons. The van der Waals surface area contributed by atoms with E-state index in [0.29, 0.717) is 6.61 Å². The number of H-pyrrole nitrogens is 1. The number of benzene rings is 1. The molecule has 2 aromatic rings. The maximum Gasteiger partial charge on any atom is 0.138 e. The lowest BCUT2D eigenvalue weighted by molar-refractivity contribution is 0.333. The van der Waals surface area contributed by atoms with Crippen LogP contribution in [0.1, 0.15) is 18.3 Å². The summed E-state index contributed by atoms with van der Waals surface area (Å²) in [6, 6.07) is 4.06. The summed E-state index contributed by atoms with van der Waals surface area (Å²) in [6.07, 6.45) is 2.34. The SMILES string of the molecule is CCOc1c(Br)cc(Br)cc1CNCCc1ncn[nH]1. The van der Waals surface area contributed by atoms with E-state index in [1.165, 1.54) is 6.33 Å². The first kappa shape index (κ1) is 15.5. The van der Waals surface area contributed by atoms with Gasteiger partial charge in [-0.3, -0.25) is 5.10 Å². The first-order valence-corrected chi connectivity index (χ1v) is 7.95. The Labute approximate surface area is 134 Å². The van der Waals surface area contributed by atoms with Gasteiger partial charge in [0, 0.05) is 29.5 Å². The Hall–Kier alpha value is -0.920. The Morgan fingerprint density at radius 1 is 1.35 bits per heavy atom. The summed E-state index contributed by atoms with van der Waals surface area (Å²) in [5.74, 6) is 1.78. The van der Waals surface area contributed by atoms with Gasteiger partial charge in [0.25, 0.3) is 0 Å². The van der Waals surface area contributed by atoms with Crippen molar-refractivity contribution >= 4 is 31.9 Å². The number of aromatic nitrogens is 3. The summed E-state index contributed by atoms with van der Waals surface area (Å²) in [7, 11) is 0. The van der Waals surface area contributed by atoms with Gasteiger partial charge in [-0.1, -0.05) is 15.9 Å². The van der Waals surface area contributed by atoms with Crippen LogP contribution < -0.4 is 10.1 Å². The summed E-state index contributed by atoms with van der Waals surface area (Å²) in [6.45, 7) is 4.19. The van der Waals surface area contributed by atoms with Crippen molar-refractivity contribution in [2.75, 3.05) is 13.2 Å². The highest BCUT2D eigenvalue weighted by Gasteiger charge is 2.09. The average molecular weight is 404 g/mol. The topological polar surface area (TPSA) is 62.8 Å². The van der Waals surface area contributed by atoms with Crippen LogP contribution in [0.2, 0.25) is 0 Å². The molecule has 0 amide bonds. The quantitative estimate of drug-likeness (QED) is 0.697. The van der Waals surface area contributed by atoms with Crippen molar-refractivity contribution in [3.05, 3.63) is 38.8 Å². The van der Waals surface area contributed by atoms with Crippen molar-refractivity contribution in [3.63, 3.8) is 0 Å². The van der Waals surface area contributed by atoms with Gasteiger partial charge in [0.15, 0.2) is 0 Å². The summed E-state index contributed by atoms with van der Waals surface area (Å²) in [4.78, 5) is 4.09. The molecule has 0 aliphatic rings. The van der Waals surface area contributed by atoms with Crippen molar-refractivity contribution in [2.24, 2.45) is 0 Å². The molecule has 0 spiro atoms. The Morgan fingerprint density at radius 2 is 2.20 bits per heavy atom. The molecular formula is C13H16Br2N4O. The smallest absolute Gasteiger partial charge is 0.138 e. The van der Waals surface area contributed by atoms with E-state index in [0.717, 1.165) is 45.6 Å². The second-order valence-corrected chi connectivity index (χ2v) is 5.94. The third kappa shape index (κ3) is 4.29. The molecule has 0 unspecified atom stereocenters. The van der Waals surface area contributed by atoms with E-state index in [-0.39, 0.29) is 0 Å². The molecule has 0 aliphatic heterocycles. The van der Waals surface area contributed by atoms with Gasteiger partial charge >= 0.3 is 0 Å². The molecule has 0 saturated heterocycles. The van der Waals surface area contributed by atoms with E-state index in [9.17, 15) is 0 Å². The highest BCUT2D eigenvalue weighted by molar-refractivity contribution is 9.11. The van der Waals surface area contributed by atoms with Gasteiger partial charge in [0.1, 0.15) is 17.9 Å². The number of rotatable bonds is 7. The minimum atomic E-state index is 0.644. The summed E-state index contributed by atoms with van der Waals surface area (Å²) >= 11 is 7.04. The van der Waals surface area contributed by atoms with Gasteiger partial charge in [-0.15, -0.1) is 0 Å². The van der Waals surface area contributed by atoms with Crippen molar-refractivity contribution in [1.82, 2.24) is 20.5 Å². The number of halogens is 2. The number of hydrogen-bond acceptors (Lipinski definition) is 4. The molecule has 0 atom stereocenters. The fraction of sp³-hybridized carbons (Fsp3) is 0.385. The fourth-order valence-corrected chi connectivity index (χ4v) is 3.26. The van der Waals surface area contributed by atoms with Gasteiger partial charge < -0.3 is 10.1 Å². The number of ether oxygens (including phenoxy) is 1. The Kier molecular flexibility index (Phi) is 6.00. The van der Waals surface area contributed by atoms with E-state index in [2.05, 4.69) is 58.4 Å². The molecule has 2 N–H and O–H groups in total. The van der Waals surface area contributed by atoms with Gasteiger partial charge in [0.2, 0.25) is 0 Å². The molecule has 1 aromatic heterocycles. The van der Waals surface area contributed by atoms with Crippen LogP contribution in [-0.2, 0) is 13.0 Å². The van der Waals surface area contributed by atoms with Gasteiger partial charge in [0.05, 0.1) is 11.1 Å². The van der Waals surface area contributed by atoms with E-state index < -0.39 is 0 Å². The lowest BCUT2D eigenvalue weighted by Crippen LogP contribution is -2.18. The van der Waals surface area contributed by atoms with Crippen molar-refractivity contribution in [3.8, 4) is 5.75 Å². The fourth-order valence-electron chi connectivity index (χ4n) is 1.83. The zero-order valence-electron chi connectivity index (χ0n) is 11.1. The zero-order chi connectivity index (χ0) is 14.4. The molecule has 20 heavy (non-hydrogen) atoms. The number of nitrogens with zero attached hydrogens (tertiary/aromatic N) is 2. The maximum atomic E-state index is 5.69.